The largest absolute Gasteiger partial charge is 0.395 e. The van der Waals surface area contributed by atoms with Gasteiger partial charge in [0.05, 0.1) is 6.61 Å². The molecule has 1 saturated carbocycles. The summed E-state index contributed by atoms with van der Waals surface area (Å²) in [6, 6.07) is 1.39. The lowest BCUT2D eigenvalue weighted by Gasteiger charge is -2.26. The van der Waals surface area contributed by atoms with Crippen molar-refractivity contribution >= 4 is 0 Å². The summed E-state index contributed by atoms with van der Waals surface area (Å²) in [5.74, 6) is 0.839. The van der Waals surface area contributed by atoms with E-state index in [9.17, 15) is 0 Å². The summed E-state index contributed by atoms with van der Waals surface area (Å²) in [6.45, 7) is 2.29. The Hall–Kier alpha value is -0.120. The lowest BCUT2D eigenvalue weighted by molar-refractivity contribution is 0.165. The lowest BCUT2D eigenvalue weighted by atomic mass is 10.1. The van der Waals surface area contributed by atoms with Gasteiger partial charge >= 0.3 is 0 Å². The molecule has 3 unspecified atom stereocenters. The van der Waals surface area contributed by atoms with Gasteiger partial charge in [-0.2, -0.15) is 0 Å². The molecule has 2 rings (SSSR count). The number of nitrogens with zero attached hydrogens (tertiary/aromatic N) is 1. The van der Waals surface area contributed by atoms with E-state index in [2.05, 4.69) is 17.3 Å². The molecule has 1 aliphatic heterocycles. The van der Waals surface area contributed by atoms with E-state index in [0.717, 1.165) is 12.5 Å². The molecular weight excluding hydrogens is 152 g/mol. The second-order valence-corrected chi connectivity index (χ2v) is 4.05. The summed E-state index contributed by atoms with van der Waals surface area (Å²) in [4.78, 5) is 2.31. The zero-order chi connectivity index (χ0) is 8.55. The van der Waals surface area contributed by atoms with Crippen LogP contribution in [0.1, 0.15) is 12.8 Å². The van der Waals surface area contributed by atoms with Crippen LogP contribution < -0.4 is 5.32 Å². The molecule has 0 radical (unpaired) electrons. The molecule has 1 heterocycles. The third-order valence-electron chi connectivity index (χ3n) is 3.35. The summed E-state index contributed by atoms with van der Waals surface area (Å²) in [6.07, 6.45) is 2.70. The molecule has 12 heavy (non-hydrogen) atoms. The van der Waals surface area contributed by atoms with E-state index in [0.29, 0.717) is 12.1 Å². The van der Waals surface area contributed by atoms with Gasteiger partial charge in [0.25, 0.3) is 0 Å². The van der Waals surface area contributed by atoms with Crippen molar-refractivity contribution in [1.29, 1.82) is 0 Å². The number of aliphatic hydroxyl groups excluding tert-OH is 1. The smallest absolute Gasteiger partial charge is 0.0558 e. The Morgan fingerprint density at radius 3 is 2.75 bits per heavy atom. The van der Waals surface area contributed by atoms with Gasteiger partial charge in [-0.1, -0.05) is 0 Å². The summed E-state index contributed by atoms with van der Waals surface area (Å²) in [5.41, 5.74) is 0. The van der Waals surface area contributed by atoms with E-state index in [1.54, 1.807) is 0 Å². The maximum Gasteiger partial charge on any atom is 0.0558 e. The van der Waals surface area contributed by atoms with Crippen LogP contribution in [-0.4, -0.2) is 48.8 Å². The van der Waals surface area contributed by atoms with Crippen LogP contribution in [0.2, 0.25) is 0 Å². The summed E-state index contributed by atoms with van der Waals surface area (Å²) in [5, 5.41) is 12.4. The topological polar surface area (TPSA) is 35.5 Å². The number of fused-ring (bicyclic) bond motifs is 2. The Morgan fingerprint density at radius 2 is 2.33 bits per heavy atom. The molecule has 2 fully saturated rings. The van der Waals surface area contributed by atoms with Gasteiger partial charge in [0.15, 0.2) is 0 Å². The molecule has 0 amide bonds. The lowest BCUT2D eigenvalue weighted by Crippen LogP contribution is -2.41. The highest BCUT2D eigenvalue weighted by Gasteiger charge is 2.43. The van der Waals surface area contributed by atoms with Crippen molar-refractivity contribution < 1.29 is 5.11 Å². The highest BCUT2D eigenvalue weighted by Crippen LogP contribution is 2.34. The van der Waals surface area contributed by atoms with Crippen LogP contribution in [0.15, 0.2) is 0 Å². The molecule has 0 aromatic rings. The van der Waals surface area contributed by atoms with Crippen molar-refractivity contribution in [3.8, 4) is 0 Å². The Balaban J connectivity index is 1.95. The van der Waals surface area contributed by atoms with Gasteiger partial charge in [0.2, 0.25) is 0 Å². The van der Waals surface area contributed by atoms with Crippen molar-refractivity contribution in [3.63, 3.8) is 0 Å². The summed E-state index contributed by atoms with van der Waals surface area (Å²) >= 11 is 0. The predicted molar refractivity (Wildman–Crippen MR) is 48.0 cm³/mol. The second kappa shape index (κ2) is 3.32. The van der Waals surface area contributed by atoms with Gasteiger partial charge in [0.1, 0.15) is 0 Å². The van der Waals surface area contributed by atoms with Crippen molar-refractivity contribution in [2.75, 3.05) is 26.7 Å². The third kappa shape index (κ3) is 1.26. The minimum Gasteiger partial charge on any atom is -0.395 e. The number of piperidine rings is 1. The van der Waals surface area contributed by atoms with Crippen molar-refractivity contribution in [1.82, 2.24) is 10.2 Å². The molecule has 3 nitrogen and oxygen atoms in total. The first-order valence-corrected chi connectivity index (χ1v) is 4.87. The number of nitrogens with one attached hydrogen (secondary N) is 1. The molecule has 2 aliphatic rings. The number of rotatable bonds is 3. The van der Waals surface area contributed by atoms with Gasteiger partial charge in [-0.25, -0.2) is 0 Å². The minimum absolute atomic E-state index is 0.284. The molecule has 0 aromatic heterocycles. The Morgan fingerprint density at radius 1 is 1.50 bits per heavy atom. The molecule has 2 bridgehead atoms. The molecule has 1 aliphatic carbocycles. The molecule has 0 aromatic carbocycles. The fourth-order valence-electron chi connectivity index (χ4n) is 2.79. The van der Waals surface area contributed by atoms with Gasteiger partial charge in [-0.15, -0.1) is 0 Å². The molecular formula is C9H18N2O. The van der Waals surface area contributed by atoms with E-state index in [4.69, 9.17) is 5.11 Å². The zero-order valence-corrected chi connectivity index (χ0v) is 7.66. The van der Waals surface area contributed by atoms with E-state index in [-0.39, 0.29) is 6.61 Å². The van der Waals surface area contributed by atoms with Crippen LogP contribution in [0, 0.1) is 5.92 Å². The van der Waals surface area contributed by atoms with Crippen LogP contribution in [0.4, 0.5) is 0 Å². The van der Waals surface area contributed by atoms with Crippen LogP contribution in [0.5, 0.6) is 0 Å². The molecule has 1 saturated heterocycles. The monoisotopic (exact) mass is 170 g/mol. The molecule has 0 spiro atoms. The first kappa shape index (κ1) is 8.48. The fourth-order valence-corrected chi connectivity index (χ4v) is 2.79. The Kier molecular flexibility index (Phi) is 2.35. The second-order valence-electron chi connectivity index (χ2n) is 4.05. The summed E-state index contributed by atoms with van der Waals surface area (Å²) < 4.78 is 0. The summed E-state index contributed by atoms with van der Waals surface area (Å²) in [7, 11) is 2.12. The zero-order valence-electron chi connectivity index (χ0n) is 7.66. The van der Waals surface area contributed by atoms with Crippen molar-refractivity contribution in [3.05, 3.63) is 0 Å². The average molecular weight is 170 g/mol. The minimum atomic E-state index is 0.284. The standard InChI is InChI=1S/C9H18N2O/c1-11(4-5-12)9-7-2-3-8(9)10-6-7/h7-10,12H,2-6H2,1H3. The Labute approximate surface area is 73.8 Å². The van der Waals surface area contributed by atoms with Crippen LogP contribution in [0.25, 0.3) is 0 Å². The molecule has 70 valence electrons. The highest BCUT2D eigenvalue weighted by molar-refractivity contribution is 5.01. The molecule has 3 heteroatoms. The van der Waals surface area contributed by atoms with Crippen molar-refractivity contribution in [2.45, 2.75) is 24.9 Å². The maximum absolute atomic E-state index is 8.83. The first-order valence-electron chi connectivity index (χ1n) is 4.87. The number of likely N-dealkylation sites (N-methyl/N-ethyl adjacent to an activating group) is 1. The van der Waals surface area contributed by atoms with Gasteiger partial charge in [-0.05, 0) is 32.4 Å². The van der Waals surface area contributed by atoms with E-state index in [1.165, 1.54) is 19.4 Å². The van der Waals surface area contributed by atoms with Crippen LogP contribution in [-0.2, 0) is 0 Å². The quantitative estimate of drug-likeness (QED) is 0.608. The van der Waals surface area contributed by atoms with E-state index in [1.807, 2.05) is 0 Å². The van der Waals surface area contributed by atoms with Gasteiger partial charge in [0, 0.05) is 18.6 Å². The maximum atomic E-state index is 8.83. The van der Waals surface area contributed by atoms with Crippen LogP contribution >= 0.6 is 0 Å². The Bertz CT molecular complexity index is 143. The normalized spacial score (nSPS) is 39.8. The van der Waals surface area contributed by atoms with Crippen molar-refractivity contribution in [2.24, 2.45) is 5.92 Å². The van der Waals surface area contributed by atoms with Gasteiger partial charge in [-0.3, -0.25) is 4.90 Å². The van der Waals surface area contributed by atoms with Gasteiger partial charge < -0.3 is 10.4 Å². The predicted octanol–water partition coefficient (Wildman–Crippen LogP) is -0.339. The number of hydrogen-bond acceptors (Lipinski definition) is 3. The number of aliphatic hydroxyl groups is 1. The first-order chi connectivity index (χ1) is 5.83. The molecule has 2 N–H and O–H groups in total. The van der Waals surface area contributed by atoms with E-state index >= 15 is 0 Å². The SMILES string of the molecule is CN(CCO)C1C2CCC1NC2. The molecule has 3 atom stereocenters. The van der Waals surface area contributed by atoms with Crippen LogP contribution in [0.3, 0.4) is 0 Å². The average Bonchev–Trinajstić information content (AvgIpc) is 2.62. The fraction of sp³-hybridized carbons (Fsp3) is 1.00. The van der Waals surface area contributed by atoms with E-state index < -0.39 is 0 Å². The highest BCUT2D eigenvalue weighted by atomic mass is 16.3. The third-order valence-corrected chi connectivity index (χ3v) is 3.35. The number of hydrogen-bond donors (Lipinski definition) is 2.